The number of amides is 1. The van der Waals surface area contributed by atoms with E-state index < -0.39 is 6.04 Å². The molecule has 1 aromatic carbocycles. The number of hydrogen-bond donors (Lipinski definition) is 2. The zero-order valence-electron chi connectivity index (χ0n) is 14.6. The van der Waals surface area contributed by atoms with Crippen LogP contribution in [0.5, 0.6) is 0 Å². The Morgan fingerprint density at radius 2 is 2.00 bits per heavy atom. The van der Waals surface area contributed by atoms with Crippen LogP contribution in [0.3, 0.4) is 0 Å². The van der Waals surface area contributed by atoms with Crippen molar-refractivity contribution in [1.82, 2.24) is 25.5 Å². The van der Waals surface area contributed by atoms with Gasteiger partial charge in [-0.1, -0.05) is 49.6 Å². The van der Waals surface area contributed by atoms with Crippen LogP contribution in [0, 0.1) is 5.92 Å². The molecule has 0 aliphatic heterocycles. The molecule has 1 aromatic heterocycles. The molecule has 2 unspecified atom stereocenters. The second-order valence-corrected chi connectivity index (χ2v) is 6.72. The Balaban J connectivity index is 1.64. The minimum atomic E-state index is -0.525. The molecular weight excluding hydrogens is 316 g/mol. The highest BCUT2D eigenvalue weighted by molar-refractivity contribution is 5.80. The molecule has 0 saturated heterocycles. The number of tetrazole rings is 1. The van der Waals surface area contributed by atoms with E-state index >= 15 is 0 Å². The lowest BCUT2D eigenvalue weighted by Crippen LogP contribution is -2.48. The van der Waals surface area contributed by atoms with Crippen LogP contribution in [0.2, 0.25) is 0 Å². The summed E-state index contributed by atoms with van der Waals surface area (Å²) >= 11 is 0. The van der Waals surface area contributed by atoms with Crippen molar-refractivity contribution in [2.75, 3.05) is 6.54 Å². The molecule has 0 radical (unpaired) electrons. The fourth-order valence-corrected chi connectivity index (χ4v) is 3.41. The summed E-state index contributed by atoms with van der Waals surface area (Å²) in [6.07, 6.45) is 5.99. The van der Waals surface area contributed by atoms with Gasteiger partial charge in [0, 0.05) is 18.2 Å². The van der Waals surface area contributed by atoms with Gasteiger partial charge >= 0.3 is 0 Å². The van der Waals surface area contributed by atoms with Crippen molar-refractivity contribution in [3.63, 3.8) is 0 Å². The van der Waals surface area contributed by atoms with Gasteiger partial charge in [0.2, 0.25) is 11.7 Å². The fourth-order valence-electron chi connectivity index (χ4n) is 3.41. The van der Waals surface area contributed by atoms with Crippen molar-refractivity contribution in [2.24, 2.45) is 11.7 Å². The first-order chi connectivity index (χ1) is 12.2. The maximum absolute atomic E-state index is 12.6. The molecule has 2 aromatic rings. The molecule has 1 saturated carbocycles. The predicted molar refractivity (Wildman–Crippen MR) is 95.5 cm³/mol. The molecule has 3 rings (SSSR count). The first-order valence-electron chi connectivity index (χ1n) is 9.04. The van der Waals surface area contributed by atoms with Crippen LogP contribution in [0.4, 0.5) is 0 Å². The molecule has 2 atom stereocenters. The summed E-state index contributed by atoms with van der Waals surface area (Å²) in [7, 11) is 0. The summed E-state index contributed by atoms with van der Waals surface area (Å²) in [6.45, 7) is 2.24. The Kier molecular flexibility index (Phi) is 5.75. The molecular formula is C18H26N6O. The lowest BCUT2D eigenvalue weighted by atomic mass is 9.84. The summed E-state index contributed by atoms with van der Waals surface area (Å²) in [5.74, 6) is 0.874. The van der Waals surface area contributed by atoms with Gasteiger partial charge in [0.05, 0.1) is 0 Å². The summed E-state index contributed by atoms with van der Waals surface area (Å²) in [5.41, 5.74) is 6.78. The van der Waals surface area contributed by atoms with E-state index in [0.717, 1.165) is 18.4 Å². The average Bonchev–Trinajstić information content (AvgIpc) is 3.17. The molecule has 1 aliphatic rings. The van der Waals surface area contributed by atoms with Gasteiger partial charge in [-0.2, -0.15) is 4.80 Å². The van der Waals surface area contributed by atoms with E-state index in [-0.39, 0.29) is 11.9 Å². The maximum Gasteiger partial charge on any atom is 0.246 e. The number of rotatable bonds is 6. The van der Waals surface area contributed by atoms with Crippen LogP contribution in [-0.4, -0.2) is 38.7 Å². The van der Waals surface area contributed by atoms with Gasteiger partial charge in [-0.15, -0.1) is 10.2 Å². The number of carbonyl (C=O) groups is 1. The molecule has 134 valence electrons. The van der Waals surface area contributed by atoms with Crippen LogP contribution in [0.25, 0.3) is 11.4 Å². The van der Waals surface area contributed by atoms with Crippen molar-refractivity contribution in [3.8, 4) is 11.4 Å². The molecule has 1 aliphatic carbocycles. The van der Waals surface area contributed by atoms with Crippen LogP contribution in [0.15, 0.2) is 30.3 Å². The lowest BCUT2D eigenvalue weighted by molar-refractivity contribution is -0.125. The van der Waals surface area contributed by atoms with Crippen LogP contribution < -0.4 is 11.1 Å². The van der Waals surface area contributed by atoms with Crippen molar-refractivity contribution >= 4 is 5.91 Å². The zero-order valence-corrected chi connectivity index (χ0v) is 14.6. The molecule has 3 N–H and O–H groups in total. The number of aromatic nitrogens is 4. The Labute approximate surface area is 148 Å². The quantitative estimate of drug-likeness (QED) is 0.836. The van der Waals surface area contributed by atoms with Crippen LogP contribution in [0.1, 0.15) is 45.1 Å². The minimum absolute atomic E-state index is 0.0207. The van der Waals surface area contributed by atoms with E-state index in [9.17, 15) is 4.79 Å². The fraction of sp³-hybridized carbons (Fsp3) is 0.556. The van der Waals surface area contributed by atoms with Crippen molar-refractivity contribution < 1.29 is 4.79 Å². The number of hydrogen-bond acceptors (Lipinski definition) is 5. The van der Waals surface area contributed by atoms with Gasteiger partial charge in [-0.05, 0) is 30.9 Å². The van der Waals surface area contributed by atoms with Crippen molar-refractivity contribution in [2.45, 2.75) is 51.1 Å². The maximum atomic E-state index is 12.6. The van der Waals surface area contributed by atoms with Gasteiger partial charge in [0.15, 0.2) is 0 Å². The third kappa shape index (κ3) is 4.22. The Bertz CT molecular complexity index is 680. The SMILES string of the molecule is CC(C(=O)NC(CN)C1CCCCC1)n1nnc(-c2ccccc2)n1. The molecule has 7 heteroatoms. The Morgan fingerprint density at radius 3 is 2.68 bits per heavy atom. The molecule has 25 heavy (non-hydrogen) atoms. The van der Waals surface area contributed by atoms with Gasteiger partial charge < -0.3 is 11.1 Å². The average molecular weight is 342 g/mol. The number of carbonyl (C=O) groups excluding carboxylic acids is 1. The van der Waals surface area contributed by atoms with Gasteiger partial charge in [0.1, 0.15) is 6.04 Å². The normalized spacial score (nSPS) is 17.8. The topological polar surface area (TPSA) is 98.7 Å². The highest BCUT2D eigenvalue weighted by atomic mass is 16.2. The van der Waals surface area contributed by atoms with E-state index in [1.54, 1.807) is 6.92 Å². The molecule has 0 bridgehead atoms. The van der Waals surface area contributed by atoms with Crippen LogP contribution >= 0.6 is 0 Å². The van der Waals surface area contributed by atoms with E-state index in [1.165, 1.54) is 24.1 Å². The first-order valence-corrected chi connectivity index (χ1v) is 9.04. The second-order valence-electron chi connectivity index (χ2n) is 6.72. The molecule has 1 amide bonds. The highest BCUT2D eigenvalue weighted by Gasteiger charge is 2.27. The van der Waals surface area contributed by atoms with E-state index in [1.807, 2.05) is 30.3 Å². The lowest BCUT2D eigenvalue weighted by Gasteiger charge is -2.30. The van der Waals surface area contributed by atoms with Gasteiger partial charge in [0.25, 0.3) is 0 Å². The predicted octanol–water partition coefficient (Wildman–Crippen LogP) is 1.92. The number of nitrogens with zero attached hydrogens (tertiary/aromatic N) is 4. The summed E-state index contributed by atoms with van der Waals surface area (Å²) in [6, 6.07) is 9.10. The second kappa shape index (κ2) is 8.20. The minimum Gasteiger partial charge on any atom is -0.350 e. The van der Waals surface area contributed by atoms with Crippen molar-refractivity contribution in [1.29, 1.82) is 0 Å². The largest absolute Gasteiger partial charge is 0.350 e. The molecule has 0 spiro atoms. The molecule has 1 heterocycles. The number of nitrogens with one attached hydrogen (secondary N) is 1. The number of benzene rings is 1. The van der Waals surface area contributed by atoms with Crippen molar-refractivity contribution in [3.05, 3.63) is 30.3 Å². The summed E-state index contributed by atoms with van der Waals surface area (Å²) in [4.78, 5) is 14.0. The summed E-state index contributed by atoms with van der Waals surface area (Å²) in [5, 5.41) is 15.5. The van der Waals surface area contributed by atoms with Gasteiger partial charge in [-0.25, -0.2) is 0 Å². The highest BCUT2D eigenvalue weighted by Crippen LogP contribution is 2.26. The third-order valence-corrected chi connectivity index (χ3v) is 4.99. The summed E-state index contributed by atoms with van der Waals surface area (Å²) < 4.78 is 0. The zero-order chi connectivity index (χ0) is 17.6. The van der Waals surface area contributed by atoms with E-state index in [2.05, 4.69) is 20.7 Å². The Morgan fingerprint density at radius 1 is 1.28 bits per heavy atom. The molecule has 1 fully saturated rings. The Hall–Kier alpha value is -2.28. The smallest absolute Gasteiger partial charge is 0.246 e. The van der Waals surface area contributed by atoms with E-state index in [0.29, 0.717) is 18.3 Å². The van der Waals surface area contributed by atoms with E-state index in [4.69, 9.17) is 5.73 Å². The first kappa shape index (κ1) is 17.5. The van der Waals surface area contributed by atoms with Crippen LogP contribution in [-0.2, 0) is 4.79 Å². The molecule has 7 nitrogen and oxygen atoms in total. The standard InChI is InChI=1S/C18H26N6O/c1-13(18(25)20-16(12-19)14-8-4-2-5-9-14)24-22-17(21-23-24)15-10-6-3-7-11-15/h3,6-7,10-11,13-14,16H,2,4-5,8-9,12,19H2,1H3,(H,20,25). The number of nitrogens with two attached hydrogens (primary N) is 1. The van der Waals surface area contributed by atoms with Gasteiger partial charge in [-0.3, -0.25) is 4.79 Å². The monoisotopic (exact) mass is 342 g/mol. The third-order valence-electron chi connectivity index (χ3n) is 4.99.